The predicted octanol–water partition coefficient (Wildman–Crippen LogP) is -3.13. The molecule has 2 aromatic rings. The number of nitrogens with one attached hydrogen (secondary N) is 8. The molecule has 0 radical (unpaired) electrons. The average molecular weight is 1030 g/mol. The second kappa shape index (κ2) is 24.9. The van der Waals surface area contributed by atoms with E-state index < -0.39 is 174 Å². The summed E-state index contributed by atoms with van der Waals surface area (Å²) in [4.78, 5) is 140. The number of carbonyl (C=O) groups excluding carboxylic acids is 9. The fraction of sp³-hybridized carbons (Fsp3) is 0.565. The van der Waals surface area contributed by atoms with Gasteiger partial charge in [0.25, 0.3) is 0 Å². The topological polar surface area (TPSA) is 404 Å². The number of carboxylic acids is 1. The molecule has 1 aliphatic carbocycles. The first-order valence-corrected chi connectivity index (χ1v) is 24.8. The lowest BCUT2D eigenvalue weighted by Crippen LogP contribution is -2.60. The van der Waals surface area contributed by atoms with Crippen molar-refractivity contribution in [1.82, 2.24) is 42.2 Å². The normalized spacial score (nSPS) is 27.5. The van der Waals surface area contributed by atoms with E-state index in [2.05, 4.69) is 48.8 Å². The van der Waals surface area contributed by atoms with Crippen LogP contribution in [0.4, 0.5) is 0 Å². The first-order valence-electron chi connectivity index (χ1n) is 23.4. The Bertz CT molecular complexity index is 2480. The molecule has 7 amide bonds. The number of nitrogens with two attached hydrogens (primary N) is 1. The van der Waals surface area contributed by atoms with Gasteiger partial charge in [-0.3, -0.25) is 52.2 Å². The van der Waals surface area contributed by atoms with Gasteiger partial charge in [-0.15, -0.1) is 0 Å². The molecule has 12 atom stereocenters. The minimum atomic E-state index is -2.37. The number of benzene rings is 1. The number of aromatic nitrogens is 1. The van der Waals surface area contributed by atoms with E-state index in [-0.39, 0.29) is 65.0 Å². The van der Waals surface area contributed by atoms with Crippen LogP contribution in [0.3, 0.4) is 0 Å². The number of aromatic amines is 1. The molecule has 14 N–H and O–H groups in total. The molecule has 12 unspecified atom stereocenters. The average Bonchev–Trinajstić information content (AvgIpc) is 3.89. The van der Waals surface area contributed by atoms with Crippen molar-refractivity contribution in [1.29, 1.82) is 0 Å². The number of ether oxygens (including phenoxy) is 1. The molecule has 0 saturated heterocycles. The smallest absolute Gasteiger partial charge is 0.305 e. The third-order valence-corrected chi connectivity index (χ3v) is 14.5. The van der Waals surface area contributed by atoms with Gasteiger partial charge in [-0.2, -0.15) is 0 Å². The number of aliphatic hydroxyl groups is 2. The van der Waals surface area contributed by atoms with Crippen molar-refractivity contribution >= 4 is 80.8 Å². The van der Waals surface area contributed by atoms with Gasteiger partial charge in [0.1, 0.15) is 41.5 Å². The molecule has 3 aliphatic rings. The summed E-state index contributed by atoms with van der Waals surface area (Å²) >= 11 is 0. The highest BCUT2D eigenvalue weighted by Crippen LogP contribution is 2.35. The lowest BCUT2D eigenvalue weighted by Gasteiger charge is -2.31. The summed E-state index contributed by atoms with van der Waals surface area (Å²) < 4.78 is 19.9. The maximum Gasteiger partial charge on any atom is 0.305 e. The molecule has 1 aromatic carbocycles. The van der Waals surface area contributed by atoms with Gasteiger partial charge < -0.3 is 73.1 Å². The lowest BCUT2D eigenvalue weighted by atomic mass is 9.85. The standard InChI is InChI=1S/C46H63N9O16S/c1-5-20(2)38-44(68)49-16-34(59)50-32-19-72(70)46-28(25-10-9-23(56)14-29(25)53-46)15-31(42(66)48-17-35(60)54-38)52-45(69)39(22(4)33(58)18-71-37(63)8-6-7-36(61)62)55-41(65)27-13-24(57)12-26(27)40(64)30(11-21(3)47)51-43(32)67/h9-10,14,20,22,24,26-27,30-33,38-39,53,56-58H,3,5-8,11-13,15-19,47H2,1-2,4H3,(H,48,66)(H,49,68)(H,50,59)(H,51,67)(H,52,69)(H,54,60)(H,55,65)(H,61,62). The minimum Gasteiger partial charge on any atom is -0.508 e. The molecule has 0 spiro atoms. The van der Waals surface area contributed by atoms with Crippen molar-refractivity contribution < 1.29 is 77.3 Å². The number of ketones is 1. The summed E-state index contributed by atoms with van der Waals surface area (Å²) in [5, 5.41) is 59.3. The fourth-order valence-electron chi connectivity index (χ4n) is 8.78. The quantitative estimate of drug-likeness (QED) is 0.0935. The van der Waals surface area contributed by atoms with Gasteiger partial charge in [0.15, 0.2) is 5.78 Å². The Balaban J connectivity index is 1.69. The van der Waals surface area contributed by atoms with Crippen LogP contribution in [0.25, 0.3) is 10.9 Å². The number of carboxylic acid groups (broad SMARTS) is 1. The van der Waals surface area contributed by atoms with Crippen molar-refractivity contribution in [3.8, 4) is 5.75 Å². The fourth-order valence-corrected chi connectivity index (χ4v) is 10.2. The van der Waals surface area contributed by atoms with E-state index in [1.165, 1.54) is 25.1 Å². The maximum absolute atomic E-state index is 14.8. The molecule has 2 bridgehead atoms. The molecule has 25 nitrogen and oxygen atoms in total. The molecule has 3 heterocycles. The number of esters is 1. The Morgan fingerprint density at radius 1 is 0.847 bits per heavy atom. The van der Waals surface area contributed by atoms with Gasteiger partial charge in [-0.25, -0.2) is 0 Å². The van der Waals surface area contributed by atoms with E-state index in [1.807, 2.05) is 0 Å². The predicted molar refractivity (Wildman–Crippen MR) is 253 cm³/mol. The lowest BCUT2D eigenvalue weighted by molar-refractivity contribution is -0.149. The van der Waals surface area contributed by atoms with E-state index in [4.69, 9.17) is 15.6 Å². The summed E-state index contributed by atoms with van der Waals surface area (Å²) in [6.07, 6.45) is -5.01. The number of hydrogen-bond acceptors (Lipinski definition) is 16. The van der Waals surface area contributed by atoms with Crippen molar-refractivity contribution in [3.63, 3.8) is 0 Å². The highest BCUT2D eigenvalue weighted by atomic mass is 32.2. The molecule has 72 heavy (non-hydrogen) atoms. The molecule has 1 aromatic heterocycles. The Labute approximate surface area is 415 Å². The summed E-state index contributed by atoms with van der Waals surface area (Å²) in [5.41, 5.74) is 6.10. The Morgan fingerprint density at radius 3 is 2.18 bits per heavy atom. The Kier molecular flexibility index (Phi) is 19.4. The van der Waals surface area contributed by atoms with Crippen molar-refractivity contribution in [2.45, 2.75) is 120 Å². The van der Waals surface area contributed by atoms with Crippen LogP contribution in [0, 0.1) is 23.7 Å². The summed E-state index contributed by atoms with van der Waals surface area (Å²) in [6, 6.07) is -4.20. The number of hydrogen-bond donors (Lipinski definition) is 13. The summed E-state index contributed by atoms with van der Waals surface area (Å²) in [7, 11) is -2.37. The van der Waals surface area contributed by atoms with Crippen LogP contribution in [0.15, 0.2) is 35.5 Å². The van der Waals surface area contributed by atoms with Gasteiger partial charge >= 0.3 is 11.9 Å². The number of Topliss-reactive ketones (excluding diaryl/α,β-unsaturated/α-hetero) is 1. The SMILES string of the molecule is C=C(N)CC1NC(=O)C2CS(=O)c3[nH]c4cc(O)ccc4c3CC(NC(=O)C(C(C)C(O)COC(=O)CCCC(=O)O)NC(=O)C3CC(O)CC3C1=O)C(=O)NCC(=O)NC(C(C)CC)C(=O)NCC(=O)N2. The third-order valence-electron chi connectivity index (χ3n) is 13.0. The van der Waals surface area contributed by atoms with Gasteiger partial charge in [0.05, 0.1) is 59.3 Å². The molecular formula is C46H63N9O16S. The van der Waals surface area contributed by atoms with Crippen molar-refractivity contribution in [2.24, 2.45) is 29.4 Å². The zero-order valence-electron chi connectivity index (χ0n) is 39.9. The number of fused-ring (bicyclic) bond motifs is 5. The van der Waals surface area contributed by atoms with Crippen LogP contribution in [0.2, 0.25) is 0 Å². The molecule has 1 fully saturated rings. The number of phenols is 1. The largest absolute Gasteiger partial charge is 0.508 e. The highest BCUT2D eigenvalue weighted by molar-refractivity contribution is 7.85. The Morgan fingerprint density at radius 2 is 1.51 bits per heavy atom. The molecule has 2 aliphatic heterocycles. The van der Waals surface area contributed by atoms with Crippen LogP contribution in [-0.4, -0.2) is 157 Å². The molecule has 5 rings (SSSR count). The minimum absolute atomic E-state index is 0.0730. The van der Waals surface area contributed by atoms with E-state index >= 15 is 0 Å². The number of H-pyrrole nitrogens is 1. The third kappa shape index (κ3) is 14.6. The highest BCUT2D eigenvalue weighted by Gasteiger charge is 2.47. The number of rotatable bonds is 12. The number of carbonyl (C=O) groups is 10. The van der Waals surface area contributed by atoms with E-state index in [0.29, 0.717) is 6.42 Å². The van der Waals surface area contributed by atoms with Gasteiger partial charge in [0, 0.05) is 54.7 Å². The van der Waals surface area contributed by atoms with Gasteiger partial charge in [-0.1, -0.05) is 33.8 Å². The number of phenolic OH excluding ortho intramolecular Hbond substituents is 1. The van der Waals surface area contributed by atoms with E-state index in [9.17, 15) is 67.5 Å². The number of aromatic hydroxyl groups is 1. The summed E-state index contributed by atoms with van der Waals surface area (Å²) in [6.45, 7) is 6.06. The maximum atomic E-state index is 14.8. The molecule has 394 valence electrons. The van der Waals surface area contributed by atoms with E-state index in [1.54, 1.807) is 13.8 Å². The summed E-state index contributed by atoms with van der Waals surface area (Å²) in [5.74, 6) is -15.4. The van der Waals surface area contributed by atoms with Crippen molar-refractivity contribution in [3.05, 3.63) is 36.0 Å². The second-order valence-electron chi connectivity index (χ2n) is 18.4. The molecular weight excluding hydrogens is 967 g/mol. The van der Waals surface area contributed by atoms with Crippen LogP contribution in [-0.2, 0) is 69.9 Å². The van der Waals surface area contributed by atoms with E-state index in [0.717, 1.165) is 0 Å². The monoisotopic (exact) mass is 1030 g/mol. The number of aliphatic hydroxyl groups excluding tert-OH is 2. The zero-order valence-corrected chi connectivity index (χ0v) is 40.8. The van der Waals surface area contributed by atoms with Crippen LogP contribution >= 0.6 is 0 Å². The first-order chi connectivity index (χ1) is 34.0. The molecule has 1 saturated carbocycles. The number of amides is 7. The van der Waals surface area contributed by atoms with Crippen LogP contribution in [0.1, 0.15) is 71.3 Å². The van der Waals surface area contributed by atoms with Crippen molar-refractivity contribution in [2.75, 3.05) is 25.4 Å². The molecule has 26 heteroatoms. The first kappa shape index (κ1) is 56.0. The zero-order chi connectivity index (χ0) is 53.1. The van der Waals surface area contributed by atoms with Gasteiger partial charge in [-0.05, 0) is 42.9 Å². The van der Waals surface area contributed by atoms with Gasteiger partial charge in [0.2, 0.25) is 41.4 Å². The van der Waals surface area contributed by atoms with Crippen LogP contribution < -0.4 is 43.0 Å². The second-order valence-corrected chi connectivity index (χ2v) is 19.9. The number of aliphatic carboxylic acids is 1. The Hall–Kier alpha value is -6.93. The van der Waals surface area contributed by atoms with Crippen LogP contribution in [0.5, 0.6) is 5.75 Å².